The van der Waals surface area contributed by atoms with Crippen molar-refractivity contribution >= 4 is 40.9 Å². The van der Waals surface area contributed by atoms with E-state index in [9.17, 15) is 9.59 Å². The van der Waals surface area contributed by atoms with Gasteiger partial charge in [0.25, 0.3) is 11.8 Å². The quantitative estimate of drug-likeness (QED) is 0.521. The number of carbonyl (C=O) groups excluding carboxylic acids is 2. The van der Waals surface area contributed by atoms with Gasteiger partial charge in [-0.05, 0) is 42.9 Å². The van der Waals surface area contributed by atoms with Crippen LogP contribution in [-0.4, -0.2) is 42.5 Å². The zero-order chi connectivity index (χ0) is 17.0. The molecule has 1 aromatic rings. The van der Waals surface area contributed by atoms with Crippen molar-refractivity contribution in [3.8, 4) is 0 Å². The molecule has 2 amide bonds. The van der Waals surface area contributed by atoms with Gasteiger partial charge in [-0.1, -0.05) is 24.3 Å². The number of nitrogens with zero attached hydrogens (tertiary/aromatic N) is 2. The van der Waals surface area contributed by atoms with Gasteiger partial charge in [0.15, 0.2) is 5.11 Å². The molecule has 6 heteroatoms. The van der Waals surface area contributed by atoms with Gasteiger partial charge in [0.2, 0.25) is 0 Å². The Bertz CT molecular complexity index is 690. The summed E-state index contributed by atoms with van der Waals surface area (Å²) >= 11 is 4.98. The van der Waals surface area contributed by atoms with Crippen LogP contribution in [-0.2, 0) is 9.59 Å². The molecule has 0 radical (unpaired) electrons. The number of thiocarbonyl (C=S) groups is 1. The minimum absolute atomic E-state index is 0.0848. The van der Waals surface area contributed by atoms with Crippen molar-refractivity contribution in [2.45, 2.75) is 6.92 Å². The minimum atomic E-state index is -0.461. The van der Waals surface area contributed by atoms with Gasteiger partial charge in [-0.2, -0.15) is 0 Å². The summed E-state index contributed by atoms with van der Waals surface area (Å²) in [6.45, 7) is 2.23. The minimum Gasteiger partial charge on any atom is -0.378 e. The van der Waals surface area contributed by atoms with Crippen LogP contribution in [0.25, 0.3) is 6.08 Å². The molecule has 2 rings (SSSR count). The van der Waals surface area contributed by atoms with Gasteiger partial charge in [-0.25, -0.2) is 0 Å². The highest BCUT2D eigenvalue weighted by atomic mass is 32.1. The van der Waals surface area contributed by atoms with E-state index < -0.39 is 5.91 Å². The van der Waals surface area contributed by atoms with E-state index in [1.807, 2.05) is 49.3 Å². The number of nitrogens with one attached hydrogen (secondary N) is 1. The SMILES string of the molecule is CCN1C(=O)/C(=C/C=C/c2ccc(N(C)C)cc2)C(=O)NC1=S. The highest BCUT2D eigenvalue weighted by Gasteiger charge is 2.31. The Balaban J connectivity index is 2.16. The average Bonchev–Trinajstić information content (AvgIpc) is 2.51. The van der Waals surface area contributed by atoms with Gasteiger partial charge in [0.05, 0.1) is 0 Å². The molecule has 1 aliphatic rings. The van der Waals surface area contributed by atoms with Gasteiger partial charge in [0, 0.05) is 26.3 Å². The maximum atomic E-state index is 12.2. The number of anilines is 1. The van der Waals surface area contributed by atoms with E-state index in [-0.39, 0.29) is 16.6 Å². The molecular weight excluding hydrogens is 310 g/mol. The Kier molecular flexibility index (Phi) is 5.28. The second kappa shape index (κ2) is 7.19. The third kappa shape index (κ3) is 3.84. The fraction of sp³-hybridized carbons (Fsp3) is 0.235. The highest BCUT2D eigenvalue weighted by molar-refractivity contribution is 7.80. The van der Waals surface area contributed by atoms with Crippen LogP contribution >= 0.6 is 12.2 Å². The van der Waals surface area contributed by atoms with Crippen molar-refractivity contribution < 1.29 is 9.59 Å². The predicted molar refractivity (Wildman–Crippen MR) is 96.0 cm³/mol. The van der Waals surface area contributed by atoms with E-state index in [1.54, 1.807) is 13.0 Å². The fourth-order valence-electron chi connectivity index (χ4n) is 2.14. The molecule has 0 atom stereocenters. The number of likely N-dealkylation sites (N-methyl/N-ethyl adjacent to an activating group) is 1. The van der Waals surface area contributed by atoms with Crippen molar-refractivity contribution in [3.63, 3.8) is 0 Å². The number of carbonyl (C=O) groups is 2. The van der Waals surface area contributed by atoms with Crippen molar-refractivity contribution in [1.82, 2.24) is 10.2 Å². The maximum absolute atomic E-state index is 12.2. The van der Waals surface area contributed by atoms with E-state index in [0.717, 1.165) is 11.3 Å². The Morgan fingerprint density at radius 2 is 1.87 bits per heavy atom. The molecule has 1 aromatic carbocycles. The molecule has 0 bridgehead atoms. The molecule has 0 spiro atoms. The summed E-state index contributed by atoms with van der Waals surface area (Å²) in [6, 6.07) is 7.95. The molecule has 1 saturated heterocycles. The number of benzene rings is 1. The van der Waals surface area contributed by atoms with Gasteiger partial charge in [0.1, 0.15) is 5.57 Å². The Morgan fingerprint density at radius 1 is 1.22 bits per heavy atom. The van der Waals surface area contributed by atoms with Crippen LogP contribution in [0.4, 0.5) is 5.69 Å². The van der Waals surface area contributed by atoms with Crippen molar-refractivity contribution in [3.05, 3.63) is 47.6 Å². The summed E-state index contributed by atoms with van der Waals surface area (Å²) in [5, 5.41) is 2.67. The Morgan fingerprint density at radius 3 is 2.43 bits per heavy atom. The first-order valence-corrected chi connectivity index (χ1v) is 7.67. The molecule has 120 valence electrons. The first kappa shape index (κ1) is 16.9. The monoisotopic (exact) mass is 329 g/mol. The van der Waals surface area contributed by atoms with E-state index in [0.29, 0.717) is 6.54 Å². The second-order valence-electron chi connectivity index (χ2n) is 5.23. The number of allylic oxidation sites excluding steroid dienone is 2. The van der Waals surface area contributed by atoms with Gasteiger partial charge >= 0.3 is 0 Å². The van der Waals surface area contributed by atoms with Crippen LogP contribution in [0.15, 0.2) is 42.0 Å². The summed E-state index contributed by atoms with van der Waals surface area (Å²) < 4.78 is 0. The van der Waals surface area contributed by atoms with Gasteiger partial charge in [-0.15, -0.1) is 0 Å². The number of rotatable bonds is 4. The molecule has 0 unspecified atom stereocenters. The Labute approximate surface area is 141 Å². The largest absolute Gasteiger partial charge is 0.378 e. The highest BCUT2D eigenvalue weighted by Crippen LogP contribution is 2.14. The molecule has 0 aromatic heterocycles. The average molecular weight is 329 g/mol. The normalized spacial score (nSPS) is 17.1. The van der Waals surface area contributed by atoms with E-state index in [4.69, 9.17) is 12.2 Å². The van der Waals surface area contributed by atoms with Crippen LogP contribution in [0.1, 0.15) is 12.5 Å². The van der Waals surface area contributed by atoms with Crippen molar-refractivity contribution in [2.24, 2.45) is 0 Å². The standard InChI is InChI=1S/C17H19N3O2S/c1-4-20-16(22)14(15(21)18-17(20)23)7-5-6-12-8-10-13(11-9-12)19(2)3/h5-11H,4H2,1-3H3,(H,18,21,23)/b6-5+,14-7+. The molecule has 0 saturated carbocycles. The molecule has 23 heavy (non-hydrogen) atoms. The zero-order valence-corrected chi connectivity index (χ0v) is 14.2. The van der Waals surface area contributed by atoms with Crippen LogP contribution in [0.5, 0.6) is 0 Å². The summed E-state index contributed by atoms with van der Waals surface area (Å²) in [5.74, 6) is -0.828. The molecule has 5 nitrogen and oxygen atoms in total. The molecule has 0 aliphatic carbocycles. The number of amides is 2. The predicted octanol–water partition coefficient (Wildman–Crippen LogP) is 1.96. The lowest BCUT2D eigenvalue weighted by Crippen LogP contribution is -2.53. The topological polar surface area (TPSA) is 52.7 Å². The summed E-state index contributed by atoms with van der Waals surface area (Å²) in [4.78, 5) is 27.5. The lowest BCUT2D eigenvalue weighted by Gasteiger charge is -2.27. The van der Waals surface area contributed by atoms with Crippen LogP contribution in [0.3, 0.4) is 0 Å². The third-order valence-electron chi connectivity index (χ3n) is 3.46. The fourth-order valence-corrected chi connectivity index (χ4v) is 2.44. The smallest absolute Gasteiger partial charge is 0.265 e. The van der Waals surface area contributed by atoms with Gasteiger partial charge in [-0.3, -0.25) is 19.8 Å². The van der Waals surface area contributed by atoms with E-state index in [2.05, 4.69) is 5.32 Å². The first-order valence-electron chi connectivity index (χ1n) is 7.27. The second-order valence-corrected chi connectivity index (χ2v) is 5.62. The molecule has 1 aliphatic heterocycles. The van der Waals surface area contributed by atoms with Crippen LogP contribution in [0, 0.1) is 0 Å². The zero-order valence-electron chi connectivity index (χ0n) is 13.4. The molecule has 1 heterocycles. The molecule has 1 fully saturated rings. The number of hydrogen-bond donors (Lipinski definition) is 1. The van der Waals surface area contributed by atoms with Gasteiger partial charge < -0.3 is 4.90 Å². The molecule has 1 N–H and O–H groups in total. The lowest BCUT2D eigenvalue weighted by molar-refractivity contribution is -0.128. The maximum Gasteiger partial charge on any atom is 0.265 e. The van der Waals surface area contributed by atoms with E-state index in [1.165, 1.54) is 11.0 Å². The van der Waals surface area contributed by atoms with Crippen LogP contribution in [0.2, 0.25) is 0 Å². The summed E-state index contributed by atoms with van der Waals surface area (Å²) in [5.41, 5.74) is 2.18. The summed E-state index contributed by atoms with van der Waals surface area (Å²) in [7, 11) is 3.96. The third-order valence-corrected chi connectivity index (χ3v) is 3.79. The summed E-state index contributed by atoms with van der Waals surface area (Å²) in [6.07, 6.45) is 5.05. The van der Waals surface area contributed by atoms with Crippen molar-refractivity contribution in [1.29, 1.82) is 0 Å². The lowest BCUT2D eigenvalue weighted by atomic mass is 10.1. The first-order chi connectivity index (χ1) is 10.9. The van der Waals surface area contributed by atoms with Crippen LogP contribution < -0.4 is 10.2 Å². The van der Waals surface area contributed by atoms with E-state index >= 15 is 0 Å². The Hall–Kier alpha value is -2.47. The molecular formula is C17H19N3O2S. The number of hydrogen-bond acceptors (Lipinski definition) is 4. The van der Waals surface area contributed by atoms with Crippen molar-refractivity contribution in [2.75, 3.05) is 25.5 Å².